The number of nitrogens with zero attached hydrogens (tertiary/aromatic N) is 4. The average molecular weight is 355 g/mol. The Morgan fingerprint density at radius 1 is 1.04 bits per heavy atom. The largest absolute Gasteiger partial charge is 0.348 e. The molecule has 134 valence electrons. The third-order valence-electron chi connectivity index (χ3n) is 4.67. The van der Waals surface area contributed by atoms with Crippen LogP contribution in [0.3, 0.4) is 0 Å². The normalized spacial score (nSPS) is 20.4. The molecule has 0 radical (unpaired) electrons. The van der Waals surface area contributed by atoms with Gasteiger partial charge < -0.3 is 4.90 Å². The van der Waals surface area contributed by atoms with Crippen LogP contribution in [0.25, 0.3) is 0 Å². The fourth-order valence-electron chi connectivity index (χ4n) is 3.25. The minimum absolute atomic E-state index is 0.166. The van der Waals surface area contributed by atoms with Crippen molar-refractivity contribution in [1.82, 2.24) is 18.6 Å². The van der Waals surface area contributed by atoms with Crippen LogP contribution in [-0.4, -0.2) is 60.7 Å². The Hall–Kier alpha value is -1.45. The van der Waals surface area contributed by atoms with Crippen LogP contribution in [0.4, 0.5) is 5.95 Å². The second-order valence-corrected chi connectivity index (χ2v) is 8.54. The summed E-state index contributed by atoms with van der Waals surface area (Å²) in [4.78, 5) is 21.1. The van der Waals surface area contributed by atoms with E-state index in [0.29, 0.717) is 43.3 Å². The van der Waals surface area contributed by atoms with E-state index < -0.39 is 10.2 Å². The molecule has 3 heterocycles. The van der Waals surface area contributed by atoms with Crippen molar-refractivity contribution in [2.45, 2.75) is 38.6 Å². The van der Waals surface area contributed by atoms with Gasteiger partial charge >= 0.3 is 0 Å². The van der Waals surface area contributed by atoms with Gasteiger partial charge in [-0.1, -0.05) is 12.8 Å². The van der Waals surface area contributed by atoms with E-state index >= 15 is 0 Å². The highest BCUT2D eigenvalue weighted by atomic mass is 32.2. The molecule has 2 aliphatic heterocycles. The molecule has 8 nitrogen and oxygen atoms in total. The second-order valence-electron chi connectivity index (χ2n) is 6.61. The standard InChI is InChI=1S/C15H25N5O3S/c1-18(2)15-16-13-11-20(10-7-12(13)14(21)17-15)24(22,23)19-8-5-3-4-6-9-19/h3-11H2,1-2H3,(H,16,17,21). The Kier molecular flexibility index (Phi) is 4.93. The van der Waals surface area contributed by atoms with Gasteiger partial charge in [0.2, 0.25) is 5.95 Å². The molecule has 1 aromatic heterocycles. The summed E-state index contributed by atoms with van der Waals surface area (Å²) in [7, 11) is 0.0855. The van der Waals surface area contributed by atoms with Crippen molar-refractivity contribution in [3.05, 3.63) is 21.6 Å². The molecule has 0 atom stereocenters. The third kappa shape index (κ3) is 3.33. The molecule has 3 rings (SSSR count). The van der Waals surface area contributed by atoms with Gasteiger partial charge in [0.15, 0.2) is 0 Å². The summed E-state index contributed by atoms with van der Waals surface area (Å²) in [5.74, 6) is 0.452. The van der Waals surface area contributed by atoms with Crippen molar-refractivity contribution in [2.24, 2.45) is 0 Å². The fraction of sp³-hybridized carbons (Fsp3) is 0.733. The summed E-state index contributed by atoms with van der Waals surface area (Å²) in [6.45, 7) is 1.66. The van der Waals surface area contributed by atoms with Crippen LogP contribution in [0.2, 0.25) is 0 Å². The molecular formula is C15H25N5O3S. The van der Waals surface area contributed by atoms with E-state index in [9.17, 15) is 13.2 Å². The van der Waals surface area contributed by atoms with Crippen LogP contribution in [0.5, 0.6) is 0 Å². The second kappa shape index (κ2) is 6.81. The fourth-order valence-corrected chi connectivity index (χ4v) is 4.90. The van der Waals surface area contributed by atoms with Gasteiger partial charge in [-0.05, 0) is 19.3 Å². The topological polar surface area (TPSA) is 89.6 Å². The molecule has 0 aliphatic carbocycles. The van der Waals surface area contributed by atoms with Crippen LogP contribution in [0.15, 0.2) is 4.79 Å². The maximum absolute atomic E-state index is 12.9. The number of fused-ring (bicyclic) bond motifs is 1. The van der Waals surface area contributed by atoms with Crippen LogP contribution >= 0.6 is 0 Å². The molecular weight excluding hydrogens is 330 g/mol. The molecule has 0 amide bonds. The highest BCUT2D eigenvalue weighted by Gasteiger charge is 2.34. The maximum Gasteiger partial charge on any atom is 0.282 e. The van der Waals surface area contributed by atoms with Crippen LogP contribution in [0, 0.1) is 0 Å². The summed E-state index contributed by atoms with van der Waals surface area (Å²) in [5.41, 5.74) is 0.991. The Balaban J connectivity index is 1.87. The van der Waals surface area contributed by atoms with Crippen molar-refractivity contribution >= 4 is 16.2 Å². The lowest BCUT2D eigenvalue weighted by Crippen LogP contribution is -2.47. The summed E-state index contributed by atoms with van der Waals surface area (Å²) < 4.78 is 28.9. The Morgan fingerprint density at radius 3 is 2.33 bits per heavy atom. The molecule has 1 fully saturated rings. The van der Waals surface area contributed by atoms with Crippen molar-refractivity contribution in [3.8, 4) is 0 Å². The molecule has 0 spiro atoms. The quantitative estimate of drug-likeness (QED) is 0.843. The first-order valence-corrected chi connectivity index (χ1v) is 9.84. The van der Waals surface area contributed by atoms with Crippen molar-refractivity contribution < 1.29 is 8.42 Å². The molecule has 2 aliphatic rings. The number of nitrogens with one attached hydrogen (secondary N) is 1. The third-order valence-corrected chi connectivity index (χ3v) is 6.65. The molecule has 0 bridgehead atoms. The lowest BCUT2D eigenvalue weighted by atomic mass is 10.1. The summed E-state index contributed by atoms with van der Waals surface area (Å²) >= 11 is 0. The SMILES string of the molecule is CN(C)c1nc2c(c(=O)[nH]1)CCN(S(=O)(=O)N1CCCCCC1)C2. The van der Waals surface area contributed by atoms with E-state index in [1.807, 2.05) is 0 Å². The monoisotopic (exact) mass is 355 g/mol. The van der Waals surface area contributed by atoms with E-state index in [2.05, 4.69) is 9.97 Å². The Bertz CT molecular complexity index is 751. The molecule has 0 aromatic carbocycles. The number of H-pyrrole nitrogens is 1. The van der Waals surface area contributed by atoms with Gasteiger partial charge in [-0.3, -0.25) is 9.78 Å². The van der Waals surface area contributed by atoms with Gasteiger partial charge in [-0.2, -0.15) is 17.0 Å². The van der Waals surface area contributed by atoms with Crippen molar-refractivity contribution in [1.29, 1.82) is 0 Å². The molecule has 1 aromatic rings. The minimum Gasteiger partial charge on any atom is -0.348 e. The van der Waals surface area contributed by atoms with Crippen LogP contribution in [-0.2, 0) is 23.2 Å². The smallest absolute Gasteiger partial charge is 0.282 e. The van der Waals surface area contributed by atoms with Crippen LogP contribution < -0.4 is 10.5 Å². The zero-order valence-corrected chi connectivity index (χ0v) is 15.1. The number of aromatic amines is 1. The van der Waals surface area contributed by atoms with Gasteiger partial charge in [0, 0.05) is 39.3 Å². The molecule has 1 saturated heterocycles. The van der Waals surface area contributed by atoms with Crippen LogP contribution in [0.1, 0.15) is 36.9 Å². The van der Waals surface area contributed by atoms with Gasteiger partial charge in [0.25, 0.3) is 15.8 Å². The average Bonchev–Trinajstić information content (AvgIpc) is 2.84. The highest BCUT2D eigenvalue weighted by molar-refractivity contribution is 7.86. The van der Waals surface area contributed by atoms with E-state index in [4.69, 9.17) is 0 Å². The zero-order chi connectivity index (χ0) is 17.3. The Labute approximate surface area is 142 Å². The summed E-state index contributed by atoms with van der Waals surface area (Å²) in [6.07, 6.45) is 4.38. The maximum atomic E-state index is 12.9. The lowest BCUT2D eigenvalue weighted by molar-refractivity contribution is 0.324. The van der Waals surface area contributed by atoms with E-state index in [-0.39, 0.29) is 12.1 Å². The summed E-state index contributed by atoms with van der Waals surface area (Å²) in [5, 5.41) is 0. The lowest BCUT2D eigenvalue weighted by Gasteiger charge is -2.32. The number of aromatic nitrogens is 2. The van der Waals surface area contributed by atoms with Gasteiger partial charge in [-0.15, -0.1) is 0 Å². The first kappa shape index (κ1) is 17.4. The molecule has 0 unspecified atom stereocenters. The van der Waals surface area contributed by atoms with Crippen molar-refractivity contribution in [2.75, 3.05) is 38.6 Å². The molecule has 9 heteroatoms. The first-order chi connectivity index (χ1) is 11.4. The number of hydrogen-bond donors (Lipinski definition) is 1. The van der Waals surface area contributed by atoms with Gasteiger partial charge in [0.05, 0.1) is 12.2 Å². The zero-order valence-electron chi connectivity index (χ0n) is 14.3. The first-order valence-electron chi connectivity index (χ1n) is 8.44. The minimum atomic E-state index is -3.50. The Morgan fingerprint density at radius 2 is 1.71 bits per heavy atom. The van der Waals surface area contributed by atoms with Crippen molar-refractivity contribution in [3.63, 3.8) is 0 Å². The van der Waals surface area contributed by atoms with E-state index in [0.717, 1.165) is 25.7 Å². The predicted octanol–water partition coefficient (Wildman–Crippen LogP) is 0.315. The number of rotatable bonds is 3. The van der Waals surface area contributed by atoms with Gasteiger partial charge in [-0.25, -0.2) is 4.98 Å². The predicted molar refractivity (Wildman–Crippen MR) is 92.3 cm³/mol. The number of anilines is 1. The summed E-state index contributed by atoms with van der Waals surface area (Å²) in [6, 6.07) is 0. The number of hydrogen-bond acceptors (Lipinski definition) is 5. The van der Waals surface area contributed by atoms with Gasteiger partial charge in [0.1, 0.15) is 0 Å². The van der Waals surface area contributed by atoms with E-state index in [1.54, 1.807) is 23.3 Å². The van der Waals surface area contributed by atoms with E-state index in [1.165, 1.54) is 4.31 Å². The molecule has 24 heavy (non-hydrogen) atoms. The highest BCUT2D eigenvalue weighted by Crippen LogP contribution is 2.22. The molecule has 1 N–H and O–H groups in total. The molecule has 0 saturated carbocycles.